The number of aromatic nitrogens is 2. The lowest BCUT2D eigenvalue weighted by Crippen LogP contribution is -2.31. The third-order valence-electron chi connectivity index (χ3n) is 5.39. The van der Waals surface area contributed by atoms with Gasteiger partial charge in [0.1, 0.15) is 16.3 Å². The quantitative estimate of drug-likeness (QED) is 0.404. The molecule has 0 N–H and O–H groups in total. The fourth-order valence-corrected chi connectivity index (χ4v) is 4.71. The second kappa shape index (κ2) is 10.2. The van der Waals surface area contributed by atoms with E-state index in [1.807, 2.05) is 49.4 Å². The molecule has 0 radical (unpaired) electrons. The van der Waals surface area contributed by atoms with E-state index in [-0.39, 0.29) is 11.1 Å². The first-order valence-electron chi connectivity index (χ1n) is 11.0. The molecule has 0 amide bonds. The minimum Gasteiger partial charge on any atom is -0.288 e. The minimum absolute atomic E-state index is 0.0633. The molecule has 0 aliphatic carbocycles. The molecule has 0 aliphatic heterocycles. The molecule has 0 atom stereocenters. The van der Waals surface area contributed by atoms with E-state index in [1.54, 1.807) is 36.5 Å². The van der Waals surface area contributed by atoms with Gasteiger partial charge >= 0.3 is 0 Å². The minimum atomic E-state index is -0.406. The molecule has 2 aromatic heterocycles. The van der Waals surface area contributed by atoms with Crippen LogP contribution in [0.5, 0.6) is 0 Å². The summed E-state index contributed by atoms with van der Waals surface area (Å²) in [4.78, 5) is 31.1. The molecule has 4 aromatic rings. The number of hydrogen-bond donors (Lipinski definition) is 0. The van der Waals surface area contributed by atoms with Gasteiger partial charge in [-0.25, -0.2) is 0 Å². The van der Waals surface area contributed by atoms with Gasteiger partial charge in [-0.05, 0) is 49.2 Å². The summed E-state index contributed by atoms with van der Waals surface area (Å²) < 4.78 is 2.15. The summed E-state index contributed by atoms with van der Waals surface area (Å²) in [6, 6.07) is 22.2. The van der Waals surface area contributed by atoms with Gasteiger partial charge in [-0.3, -0.25) is 19.1 Å². The maximum absolute atomic E-state index is 13.5. The summed E-state index contributed by atoms with van der Waals surface area (Å²) in [5.41, 5.74) is 3.46. The van der Waals surface area contributed by atoms with Crippen LogP contribution in [0.3, 0.4) is 0 Å². The lowest BCUT2D eigenvalue weighted by atomic mass is 10.0. The Morgan fingerprint density at radius 3 is 2.44 bits per heavy atom. The van der Waals surface area contributed by atoms with Gasteiger partial charge in [0.2, 0.25) is 5.78 Å². The average molecular weight is 466 g/mol. The van der Waals surface area contributed by atoms with Crippen LogP contribution in [0.1, 0.15) is 40.5 Å². The van der Waals surface area contributed by atoms with Crippen molar-refractivity contribution in [3.63, 3.8) is 0 Å². The van der Waals surface area contributed by atoms with Crippen molar-refractivity contribution in [3.8, 4) is 11.8 Å². The van der Waals surface area contributed by atoms with Crippen LogP contribution >= 0.6 is 11.3 Å². The number of benzene rings is 2. The summed E-state index contributed by atoms with van der Waals surface area (Å²) in [6.07, 6.45) is 5.27. The van der Waals surface area contributed by atoms with Crippen LogP contribution < -0.4 is 14.8 Å². The van der Waals surface area contributed by atoms with Crippen molar-refractivity contribution in [1.29, 1.82) is 5.26 Å². The molecule has 0 spiro atoms. The smallest absolute Gasteiger partial charge is 0.273 e. The third kappa shape index (κ3) is 4.80. The zero-order valence-electron chi connectivity index (χ0n) is 19.0. The van der Waals surface area contributed by atoms with E-state index >= 15 is 0 Å². The fourth-order valence-electron chi connectivity index (χ4n) is 3.63. The van der Waals surface area contributed by atoms with E-state index in [4.69, 9.17) is 0 Å². The molecule has 2 heterocycles. The molecule has 0 aliphatic rings. The lowest BCUT2D eigenvalue weighted by Gasteiger charge is -2.05. The predicted molar refractivity (Wildman–Crippen MR) is 135 cm³/mol. The number of aryl methyl sites for hydroxylation is 2. The first-order valence-corrected chi connectivity index (χ1v) is 11.8. The van der Waals surface area contributed by atoms with Crippen LogP contribution in [-0.2, 0) is 6.42 Å². The lowest BCUT2D eigenvalue weighted by molar-refractivity contribution is 0.105. The molecule has 0 saturated carbocycles. The molecular formula is C28H23N3O2S. The van der Waals surface area contributed by atoms with Crippen molar-refractivity contribution < 1.29 is 4.79 Å². The number of carbonyl (C=O) groups excluding carboxylic acids is 1. The summed E-state index contributed by atoms with van der Waals surface area (Å²) in [5.74, 6) is -0.406. The van der Waals surface area contributed by atoms with Crippen molar-refractivity contribution in [2.24, 2.45) is 0 Å². The third-order valence-corrected chi connectivity index (χ3v) is 6.48. The Bertz CT molecular complexity index is 1540. The van der Waals surface area contributed by atoms with E-state index in [1.165, 1.54) is 4.57 Å². The number of ketones is 1. The zero-order chi connectivity index (χ0) is 24.1. The monoisotopic (exact) mass is 465 g/mol. The maximum Gasteiger partial charge on any atom is 0.273 e. The van der Waals surface area contributed by atoms with Gasteiger partial charge in [-0.2, -0.15) is 5.26 Å². The Balaban J connectivity index is 1.97. The van der Waals surface area contributed by atoms with E-state index in [0.29, 0.717) is 26.1 Å². The van der Waals surface area contributed by atoms with Crippen molar-refractivity contribution in [3.05, 3.63) is 115 Å². The normalized spacial score (nSPS) is 12.3. The van der Waals surface area contributed by atoms with E-state index in [2.05, 4.69) is 18.0 Å². The van der Waals surface area contributed by atoms with Crippen LogP contribution in [0.15, 0.2) is 77.7 Å². The van der Waals surface area contributed by atoms with Crippen LogP contribution in [0.2, 0.25) is 0 Å². The maximum atomic E-state index is 13.5. The molecule has 168 valence electrons. The number of nitrogens with zero attached hydrogens (tertiary/aromatic N) is 3. The van der Waals surface area contributed by atoms with Crippen molar-refractivity contribution in [2.45, 2.75) is 26.7 Å². The molecule has 5 nitrogen and oxygen atoms in total. The van der Waals surface area contributed by atoms with Gasteiger partial charge in [0.05, 0.1) is 15.9 Å². The second-order valence-corrected chi connectivity index (χ2v) is 8.94. The largest absolute Gasteiger partial charge is 0.288 e. The van der Waals surface area contributed by atoms with Crippen LogP contribution in [-0.4, -0.2) is 15.3 Å². The first-order chi connectivity index (χ1) is 16.5. The number of Topliss-reactive ketones (excluding diaryl/α,β-unsaturated/α-hetero) is 1. The Kier molecular flexibility index (Phi) is 6.95. The van der Waals surface area contributed by atoms with Crippen molar-refractivity contribution in [1.82, 2.24) is 9.55 Å². The SMILES string of the molecule is CCCc1ccc(C(=O)/C(C#N)=c2\s/c(=C\c3ccccn3)c(=O)n2-c2ccc(C)cc2)cc1. The number of pyridine rings is 1. The molecule has 2 aromatic carbocycles. The highest BCUT2D eigenvalue weighted by atomic mass is 32.1. The van der Waals surface area contributed by atoms with Crippen LogP contribution in [0, 0.1) is 18.3 Å². The highest BCUT2D eigenvalue weighted by Crippen LogP contribution is 2.13. The number of carbonyl (C=O) groups is 1. The standard InChI is InChI=1S/C28H23N3O2S/c1-3-6-20-10-12-21(13-11-20)26(32)24(18-29)28-31(23-14-8-19(2)9-15-23)27(33)25(34-28)17-22-7-4-5-16-30-22/h4-5,7-17H,3,6H2,1-2H3/b25-17-,28-24-. The Morgan fingerprint density at radius 2 is 1.82 bits per heavy atom. The van der Waals surface area contributed by atoms with Crippen LogP contribution in [0.25, 0.3) is 17.3 Å². The van der Waals surface area contributed by atoms with Gasteiger partial charge < -0.3 is 0 Å². The highest BCUT2D eigenvalue weighted by Gasteiger charge is 2.18. The van der Waals surface area contributed by atoms with Crippen molar-refractivity contribution >= 4 is 28.8 Å². The number of rotatable bonds is 6. The summed E-state index contributed by atoms with van der Waals surface area (Å²) in [5, 5.41) is 10.0. The molecule has 0 bridgehead atoms. The average Bonchev–Trinajstić information content (AvgIpc) is 3.17. The molecule has 4 rings (SSSR count). The molecule has 34 heavy (non-hydrogen) atoms. The number of nitriles is 1. The van der Waals surface area contributed by atoms with E-state index in [9.17, 15) is 14.9 Å². The van der Waals surface area contributed by atoms with Gasteiger partial charge in [-0.15, -0.1) is 11.3 Å². The van der Waals surface area contributed by atoms with Gasteiger partial charge in [0, 0.05) is 11.8 Å². The molecule has 0 saturated heterocycles. The van der Waals surface area contributed by atoms with Gasteiger partial charge in [0.15, 0.2) is 0 Å². The predicted octanol–water partition coefficient (Wildman–Crippen LogP) is 3.94. The van der Waals surface area contributed by atoms with Gasteiger partial charge in [0.25, 0.3) is 5.56 Å². The topological polar surface area (TPSA) is 75.8 Å². The molecular weight excluding hydrogens is 442 g/mol. The summed E-state index contributed by atoms with van der Waals surface area (Å²) >= 11 is 1.12. The molecule has 0 unspecified atom stereocenters. The van der Waals surface area contributed by atoms with E-state index < -0.39 is 5.78 Å². The van der Waals surface area contributed by atoms with Crippen LogP contribution in [0.4, 0.5) is 0 Å². The fraction of sp³-hybridized carbons (Fsp3) is 0.143. The number of thiazole rings is 1. The first kappa shape index (κ1) is 23.1. The van der Waals surface area contributed by atoms with Crippen molar-refractivity contribution in [2.75, 3.05) is 0 Å². The molecule has 0 fully saturated rings. The van der Waals surface area contributed by atoms with E-state index in [0.717, 1.165) is 35.3 Å². The Labute approximate surface area is 201 Å². The second-order valence-electron chi connectivity index (χ2n) is 7.91. The Hall–Kier alpha value is -4.08. The highest BCUT2D eigenvalue weighted by molar-refractivity contribution is 7.07. The Morgan fingerprint density at radius 1 is 1.09 bits per heavy atom. The zero-order valence-corrected chi connectivity index (χ0v) is 19.8. The summed E-state index contributed by atoms with van der Waals surface area (Å²) in [6.45, 7) is 4.06. The summed E-state index contributed by atoms with van der Waals surface area (Å²) in [7, 11) is 0. The molecule has 6 heteroatoms. The van der Waals surface area contributed by atoms with Gasteiger partial charge in [-0.1, -0.05) is 61.4 Å². The number of hydrogen-bond acceptors (Lipinski definition) is 5.